The number of ether oxygens (including phenoxy) is 2. The van der Waals surface area contributed by atoms with Crippen LogP contribution in [-0.4, -0.2) is 45.8 Å². The van der Waals surface area contributed by atoms with Crippen LogP contribution in [-0.2, 0) is 14.3 Å². The molecule has 2 rings (SSSR count). The van der Waals surface area contributed by atoms with E-state index in [1.165, 1.54) is 12.0 Å². The summed E-state index contributed by atoms with van der Waals surface area (Å²) in [6.07, 6.45) is 6.04. The Kier molecular flexibility index (Phi) is 12.9. The zero-order valence-electron chi connectivity index (χ0n) is 14.2. The summed E-state index contributed by atoms with van der Waals surface area (Å²) in [6.45, 7) is 5.36. The maximum Gasteiger partial charge on any atom is 1.00 e. The van der Waals surface area contributed by atoms with Gasteiger partial charge < -0.3 is 31.4 Å². The van der Waals surface area contributed by atoms with E-state index in [2.05, 4.69) is 23.1 Å². The molecular weight excluding hydrogens is 335 g/mol. The first-order chi connectivity index (χ1) is 11.1. The van der Waals surface area contributed by atoms with Crippen molar-refractivity contribution in [3.63, 3.8) is 0 Å². The third-order valence-corrected chi connectivity index (χ3v) is 2.86. The molecule has 1 N–H and O–H groups in total. The SMILES string of the molecule is CN1CCOc2cccc([C-]=CC(=O)N[C-]=C=O)c21.[CH2-]COC.[K+]. The fraction of sp³-hybridized carbons (Fsp3) is 0.294. The maximum absolute atomic E-state index is 11.3. The first kappa shape index (κ1) is 23.1. The van der Waals surface area contributed by atoms with Crippen LogP contribution in [0.15, 0.2) is 24.3 Å². The minimum atomic E-state index is -0.486. The molecule has 24 heavy (non-hydrogen) atoms. The molecule has 6 nitrogen and oxygen atoms in total. The van der Waals surface area contributed by atoms with Gasteiger partial charge in [0.05, 0.1) is 5.91 Å². The van der Waals surface area contributed by atoms with Crippen molar-refractivity contribution in [2.75, 3.05) is 38.8 Å². The van der Waals surface area contributed by atoms with Gasteiger partial charge in [-0.25, -0.2) is 0 Å². The Morgan fingerprint density at radius 3 is 2.92 bits per heavy atom. The molecule has 1 aromatic rings. The summed E-state index contributed by atoms with van der Waals surface area (Å²) in [4.78, 5) is 23.3. The summed E-state index contributed by atoms with van der Waals surface area (Å²) in [5, 5.41) is 2.12. The predicted octanol–water partition coefficient (Wildman–Crippen LogP) is -2.04. The predicted molar refractivity (Wildman–Crippen MR) is 86.4 cm³/mol. The number of fused-ring (bicyclic) bond motifs is 1. The van der Waals surface area contributed by atoms with Gasteiger partial charge in [-0.1, -0.05) is 12.8 Å². The molecule has 0 unspecified atom stereocenters. The van der Waals surface area contributed by atoms with E-state index < -0.39 is 5.91 Å². The van der Waals surface area contributed by atoms with E-state index in [1.54, 1.807) is 7.11 Å². The average molecular weight is 354 g/mol. The smallest absolute Gasteiger partial charge is 0.499 e. The van der Waals surface area contributed by atoms with E-state index in [0.717, 1.165) is 23.5 Å². The molecule has 124 valence electrons. The van der Waals surface area contributed by atoms with Crippen molar-refractivity contribution in [1.29, 1.82) is 0 Å². The molecule has 0 aliphatic carbocycles. The minimum Gasteiger partial charge on any atom is -0.499 e. The van der Waals surface area contributed by atoms with Gasteiger partial charge in [0.25, 0.3) is 0 Å². The van der Waals surface area contributed by atoms with E-state index in [9.17, 15) is 9.59 Å². The number of anilines is 1. The van der Waals surface area contributed by atoms with E-state index >= 15 is 0 Å². The number of benzene rings is 1. The number of hydrogen-bond acceptors (Lipinski definition) is 5. The van der Waals surface area contributed by atoms with Crippen molar-refractivity contribution in [2.24, 2.45) is 0 Å². The number of methoxy groups -OCH3 is 1. The molecular formula is C17H19KN2O4-2. The van der Waals surface area contributed by atoms with Crippen molar-refractivity contribution in [2.45, 2.75) is 0 Å². The first-order valence-electron chi connectivity index (χ1n) is 6.91. The first-order valence-corrected chi connectivity index (χ1v) is 6.91. The number of nitrogens with zero attached hydrogens (tertiary/aromatic N) is 1. The monoisotopic (exact) mass is 354 g/mol. The molecule has 0 saturated carbocycles. The van der Waals surface area contributed by atoms with Crippen LogP contribution in [0, 0.1) is 19.2 Å². The van der Waals surface area contributed by atoms with Crippen molar-refractivity contribution in [1.82, 2.24) is 5.32 Å². The number of nitrogens with one attached hydrogen (secondary N) is 1. The Bertz CT molecular complexity index is 596. The zero-order valence-corrected chi connectivity index (χ0v) is 17.3. The number of likely N-dealkylation sites (N-methyl/N-ethyl adjacent to an activating group) is 1. The fourth-order valence-corrected chi connectivity index (χ4v) is 1.82. The normalized spacial score (nSPS) is 11.9. The second-order valence-corrected chi connectivity index (χ2v) is 4.42. The Balaban J connectivity index is 0.000000954. The van der Waals surface area contributed by atoms with Crippen LogP contribution < -0.4 is 66.3 Å². The van der Waals surface area contributed by atoms with E-state index in [0.29, 0.717) is 13.2 Å². The van der Waals surface area contributed by atoms with E-state index in [1.807, 2.05) is 36.3 Å². The summed E-state index contributed by atoms with van der Waals surface area (Å²) in [5.74, 6) is 1.63. The van der Waals surface area contributed by atoms with Gasteiger partial charge in [0.2, 0.25) is 0 Å². The van der Waals surface area contributed by atoms with Crippen LogP contribution in [0.4, 0.5) is 5.69 Å². The van der Waals surface area contributed by atoms with Crippen molar-refractivity contribution in [3.8, 4) is 5.75 Å². The molecule has 7 heteroatoms. The van der Waals surface area contributed by atoms with Crippen LogP contribution in [0.1, 0.15) is 5.56 Å². The molecule has 0 radical (unpaired) electrons. The Labute approximate surface area is 185 Å². The summed E-state index contributed by atoms with van der Waals surface area (Å²) in [5.41, 5.74) is 1.65. The van der Waals surface area contributed by atoms with Gasteiger partial charge in [0.15, 0.2) is 0 Å². The molecule has 0 bridgehead atoms. The van der Waals surface area contributed by atoms with Crippen molar-refractivity contribution >= 4 is 17.5 Å². The van der Waals surface area contributed by atoms with Crippen LogP contribution >= 0.6 is 0 Å². The molecule has 1 aliphatic rings. The average Bonchev–Trinajstić information content (AvgIpc) is 2.58. The molecule has 1 heterocycles. The van der Waals surface area contributed by atoms with Gasteiger partial charge in [-0.3, -0.25) is 4.79 Å². The number of carbonyl (C=O) groups excluding carboxylic acids is 2. The van der Waals surface area contributed by atoms with Crippen LogP contribution in [0.3, 0.4) is 0 Å². The van der Waals surface area contributed by atoms with Crippen molar-refractivity contribution in [3.05, 3.63) is 49.0 Å². The number of carbonyl (C=O) groups is 1. The number of amides is 1. The third-order valence-electron chi connectivity index (χ3n) is 2.86. The van der Waals surface area contributed by atoms with Crippen molar-refractivity contribution < 1.29 is 70.4 Å². The minimum absolute atomic E-state index is 0. The summed E-state index contributed by atoms with van der Waals surface area (Å²) in [7, 11) is 3.57. The van der Waals surface area contributed by atoms with Gasteiger partial charge in [0, 0.05) is 25.3 Å². The van der Waals surface area contributed by atoms with Gasteiger partial charge >= 0.3 is 51.4 Å². The van der Waals surface area contributed by atoms with Gasteiger partial charge in [0.1, 0.15) is 12.4 Å². The fourth-order valence-electron chi connectivity index (χ4n) is 1.82. The number of rotatable bonds is 4. The van der Waals surface area contributed by atoms with Gasteiger partial charge in [-0.2, -0.15) is 0 Å². The molecule has 1 aromatic carbocycles. The second-order valence-electron chi connectivity index (χ2n) is 4.42. The second kappa shape index (κ2) is 13.4. The Morgan fingerprint density at radius 2 is 2.29 bits per heavy atom. The summed E-state index contributed by atoms with van der Waals surface area (Å²) >= 11 is 0. The number of hydrogen-bond donors (Lipinski definition) is 1. The van der Waals surface area contributed by atoms with E-state index in [4.69, 9.17) is 4.74 Å². The molecule has 0 saturated heterocycles. The van der Waals surface area contributed by atoms with Crippen LogP contribution in [0.5, 0.6) is 5.75 Å². The molecule has 0 spiro atoms. The maximum atomic E-state index is 11.3. The topological polar surface area (TPSA) is 67.9 Å². The quantitative estimate of drug-likeness (QED) is 0.222. The van der Waals surface area contributed by atoms with Gasteiger partial charge in [-0.15, -0.1) is 29.8 Å². The third kappa shape index (κ3) is 7.76. The van der Waals surface area contributed by atoms with Gasteiger partial charge in [-0.05, 0) is 13.1 Å². The summed E-state index contributed by atoms with van der Waals surface area (Å²) < 4.78 is 9.98. The largest absolute Gasteiger partial charge is 1.00 e. The molecule has 0 aromatic heterocycles. The van der Waals surface area contributed by atoms with E-state index in [-0.39, 0.29) is 51.4 Å². The molecule has 0 fully saturated rings. The molecule has 1 amide bonds. The summed E-state index contributed by atoms with van der Waals surface area (Å²) in [6, 6.07) is 5.55. The Hall–Kier alpha value is -0.924. The van der Waals surface area contributed by atoms with Crippen LogP contribution in [0.25, 0.3) is 0 Å². The molecule has 1 aliphatic heterocycles. The standard InChI is InChI=1S/C14H12N2O3.C3H7O.K/c1-16-8-10-19-12-4-2-3-11(14(12)16)5-6-13(18)15-7-9-17;1-3-4-2;/h2-4,6H,8,10H2,1H3,(H,15,18);1,3H2,2H3;/q-2;-1;+1. The molecule has 0 atom stereocenters. The van der Waals surface area contributed by atoms with Crippen LogP contribution in [0.2, 0.25) is 0 Å². The number of para-hydroxylation sites is 1. The zero-order chi connectivity index (χ0) is 17.1. The Morgan fingerprint density at radius 1 is 1.58 bits per heavy atom.